The van der Waals surface area contributed by atoms with Crippen LogP contribution in [0.1, 0.15) is 41.2 Å². The molecule has 3 heterocycles. The van der Waals surface area contributed by atoms with Crippen LogP contribution in [0, 0.1) is 25.2 Å². The summed E-state index contributed by atoms with van der Waals surface area (Å²) in [6, 6.07) is 20.5. The molecule has 2 saturated heterocycles. The number of benzene rings is 2. The molecule has 2 fully saturated rings. The second kappa shape index (κ2) is 12.3. The van der Waals surface area contributed by atoms with Crippen molar-refractivity contribution in [2.24, 2.45) is 0 Å². The first-order valence-electron chi connectivity index (χ1n) is 13.9. The second-order valence-electron chi connectivity index (χ2n) is 10.4. The fourth-order valence-corrected chi connectivity index (χ4v) is 6.61. The van der Waals surface area contributed by atoms with Crippen LogP contribution in [0.3, 0.4) is 0 Å². The summed E-state index contributed by atoms with van der Waals surface area (Å²) in [7, 11) is 0. The number of amides is 1. The molecule has 0 saturated carbocycles. The number of rotatable bonds is 7. The maximum Gasteiger partial charge on any atom is 0.270 e. The Hall–Kier alpha value is -3.87. The quantitative estimate of drug-likeness (QED) is 0.270. The van der Waals surface area contributed by atoms with Gasteiger partial charge in [-0.25, -0.2) is 0 Å². The first-order chi connectivity index (χ1) is 19.8. The number of para-hydroxylation sites is 1. The Kier molecular flexibility index (Phi) is 8.62. The van der Waals surface area contributed by atoms with E-state index in [-0.39, 0.29) is 17.0 Å². The van der Waals surface area contributed by atoms with Gasteiger partial charge in [0, 0.05) is 44.0 Å². The molecular weight excluding hydrogens is 551 g/mol. The standard InChI is InChI=1S/C32H33N5O2S2/c1-4-14-36-29(35-17-15-34(16-18-35)25-8-6-5-7-9-25)26(23(3)27(20-33)30(36)38)19-28-31(39)37(32(40)41-28)21-24-12-10-22(2)11-13-24/h5-13,19H,4,14-18,21H2,1-3H3/b28-19-. The molecule has 0 bridgehead atoms. The Morgan fingerprint density at radius 1 is 0.976 bits per heavy atom. The predicted molar refractivity (Wildman–Crippen MR) is 171 cm³/mol. The molecular formula is C32H33N5O2S2. The highest BCUT2D eigenvalue weighted by Gasteiger charge is 2.34. The maximum atomic E-state index is 13.6. The number of piperazine rings is 1. The molecule has 2 aliphatic rings. The van der Waals surface area contributed by atoms with Gasteiger partial charge in [0.15, 0.2) is 0 Å². The van der Waals surface area contributed by atoms with Crippen LogP contribution >= 0.6 is 24.0 Å². The molecule has 0 radical (unpaired) electrons. The van der Waals surface area contributed by atoms with Gasteiger partial charge in [-0.05, 0) is 49.6 Å². The summed E-state index contributed by atoms with van der Waals surface area (Å²) in [6.07, 6.45) is 2.58. The number of pyridine rings is 1. The van der Waals surface area contributed by atoms with E-state index in [0.29, 0.717) is 41.0 Å². The Morgan fingerprint density at radius 3 is 2.27 bits per heavy atom. The van der Waals surface area contributed by atoms with E-state index >= 15 is 0 Å². The first-order valence-corrected chi connectivity index (χ1v) is 15.1. The average Bonchev–Trinajstić information content (AvgIpc) is 3.25. The number of hydrogen-bond acceptors (Lipinski definition) is 7. The lowest BCUT2D eigenvalue weighted by Crippen LogP contribution is -2.48. The summed E-state index contributed by atoms with van der Waals surface area (Å²) < 4.78 is 2.22. The van der Waals surface area contributed by atoms with Crippen molar-refractivity contribution in [1.29, 1.82) is 5.26 Å². The Labute approximate surface area is 250 Å². The van der Waals surface area contributed by atoms with Gasteiger partial charge in [-0.15, -0.1) is 0 Å². The van der Waals surface area contributed by atoms with Gasteiger partial charge >= 0.3 is 0 Å². The summed E-state index contributed by atoms with van der Waals surface area (Å²) in [6.45, 7) is 9.73. The van der Waals surface area contributed by atoms with Crippen molar-refractivity contribution in [2.75, 3.05) is 36.0 Å². The lowest BCUT2D eigenvalue weighted by atomic mass is 10.0. The third-order valence-electron chi connectivity index (χ3n) is 7.60. The molecule has 1 aromatic heterocycles. The molecule has 9 heteroatoms. The Balaban J connectivity index is 1.53. The fourth-order valence-electron chi connectivity index (χ4n) is 5.37. The normalized spacial score (nSPS) is 16.5. The van der Waals surface area contributed by atoms with E-state index in [1.54, 1.807) is 16.4 Å². The number of anilines is 2. The minimum Gasteiger partial charge on any atom is -0.368 e. The Morgan fingerprint density at radius 2 is 1.63 bits per heavy atom. The SMILES string of the molecule is CCCn1c(N2CCN(c3ccccc3)CC2)c(/C=C2\SC(=S)N(Cc3ccc(C)cc3)C2=O)c(C)c(C#N)c1=O. The number of nitrogens with zero attached hydrogens (tertiary/aromatic N) is 5. The van der Waals surface area contributed by atoms with E-state index in [1.807, 2.05) is 62.4 Å². The number of hydrogen-bond donors (Lipinski definition) is 0. The van der Waals surface area contributed by atoms with Gasteiger partial charge in [-0.3, -0.25) is 19.1 Å². The average molecular weight is 584 g/mol. The highest BCUT2D eigenvalue weighted by molar-refractivity contribution is 8.26. The van der Waals surface area contributed by atoms with Crippen LogP contribution in [0.25, 0.3) is 6.08 Å². The molecule has 0 atom stereocenters. The van der Waals surface area contributed by atoms with Gasteiger partial charge < -0.3 is 9.80 Å². The fraction of sp³-hybridized carbons (Fsp3) is 0.312. The molecule has 2 aromatic carbocycles. The monoisotopic (exact) mass is 583 g/mol. The highest BCUT2D eigenvalue weighted by Crippen LogP contribution is 2.37. The summed E-state index contributed by atoms with van der Waals surface area (Å²) in [4.78, 5) is 33.8. The molecule has 0 N–H and O–H groups in total. The van der Waals surface area contributed by atoms with Crippen molar-refractivity contribution in [3.05, 3.63) is 97.7 Å². The molecule has 0 spiro atoms. The summed E-state index contributed by atoms with van der Waals surface area (Å²) >= 11 is 6.90. The number of carbonyl (C=O) groups excluding carboxylic acids is 1. The minimum atomic E-state index is -0.281. The van der Waals surface area contributed by atoms with Gasteiger partial charge in [0.2, 0.25) is 0 Å². The van der Waals surface area contributed by atoms with Crippen molar-refractivity contribution >= 4 is 51.8 Å². The van der Waals surface area contributed by atoms with Crippen molar-refractivity contribution in [3.8, 4) is 6.07 Å². The lowest BCUT2D eigenvalue weighted by Gasteiger charge is -2.39. The molecule has 3 aromatic rings. The van der Waals surface area contributed by atoms with Crippen LogP contribution in [0.2, 0.25) is 0 Å². The number of aromatic nitrogens is 1. The summed E-state index contributed by atoms with van der Waals surface area (Å²) in [5, 5.41) is 9.95. The van der Waals surface area contributed by atoms with Crippen LogP contribution in [-0.2, 0) is 17.9 Å². The smallest absolute Gasteiger partial charge is 0.270 e. The van der Waals surface area contributed by atoms with E-state index < -0.39 is 0 Å². The van der Waals surface area contributed by atoms with Gasteiger partial charge in [0.25, 0.3) is 11.5 Å². The van der Waals surface area contributed by atoms with E-state index in [1.165, 1.54) is 17.4 Å². The third kappa shape index (κ3) is 5.81. The first kappa shape index (κ1) is 28.7. The molecule has 2 aliphatic heterocycles. The number of carbonyl (C=O) groups is 1. The zero-order valence-corrected chi connectivity index (χ0v) is 25.2. The molecule has 0 aliphatic carbocycles. The molecule has 41 heavy (non-hydrogen) atoms. The van der Waals surface area contributed by atoms with Gasteiger partial charge in [-0.1, -0.05) is 78.9 Å². The molecule has 0 unspecified atom stereocenters. The number of thioether (sulfide) groups is 1. The topological polar surface area (TPSA) is 72.6 Å². The van der Waals surface area contributed by atoms with Gasteiger partial charge in [0.05, 0.1) is 11.4 Å². The number of aryl methyl sites for hydroxylation is 1. The van der Waals surface area contributed by atoms with Gasteiger partial charge in [-0.2, -0.15) is 5.26 Å². The van der Waals surface area contributed by atoms with Crippen molar-refractivity contribution < 1.29 is 4.79 Å². The van der Waals surface area contributed by atoms with E-state index in [4.69, 9.17) is 12.2 Å². The van der Waals surface area contributed by atoms with Crippen molar-refractivity contribution in [2.45, 2.75) is 40.3 Å². The minimum absolute atomic E-state index is 0.117. The second-order valence-corrected chi connectivity index (χ2v) is 12.0. The zero-order valence-electron chi connectivity index (χ0n) is 23.6. The summed E-state index contributed by atoms with van der Waals surface area (Å²) in [5.74, 6) is 0.608. The number of nitriles is 1. The van der Waals surface area contributed by atoms with E-state index in [0.717, 1.165) is 42.0 Å². The molecule has 5 rings (SSSR count). The van der Waals surface area contributed by atoms with Crippen LogP contribution in [0.4, 0.5) is 11.5 Å². The number of thiocarbonyl (C=S) groups is 1. The maximum absolute atomic E-state index is 13.6. The molecule has 210 valence electrons. The lowest BCUT2D eigenvalue weighted by molar-refractivity contribution is -0.122. The Bertz CT molecular complexity index is 1600. The van der Waals surface area contributed by atoms with Crippen LogP contribution in [0.15, 0.2) is 64.3 Å². The zero-order chi connectivity index (χ0) is 29.1. The van der Waals surface area contributed by atoms with Crippen molar-refractivity contribution in [3.63, 3.8) is 0 Å². The summed E-state index contributed by atoms with van der Waals surface area (Å²) in [5.41, 5.74) is 4.49. The molecule has 7 nitrogen and oxygen atoms in total. The highest BCUT2D eigenvalue weighted by atomic mass is 32.2. The van der Waals surface area contributed by atoms with Crippen molar-refractivity contribution in [1.82, 2.24) is 9.47 Å². The van der Waals surface area contributed by atoms with Crippen LogP contribution < -0.4 is 15.4 Å². The van der Waals surface area contributed by atoms with E-state index in [2.05, 4.69) is 28.0 Å². The molecule has 1 amide bonds. The third-order valence-corrected chi connectivity index (χ3v) is 8.98. The van der Waals surface area contributed by atoms with E-state index in [9.17, 15) is 14.9 Å². The predicted octanol–water partition coefficient (Wildman–Crippen LogP) is 5.47. The largest absolute Gasteiger partial charge is 0.368 e. The van der Waals surface area contributed by atoms with Crippen LogP contribution in [0.5, 0.6) is 0 Å². The van der Waals surface area contributed by atoms with Gasteiger partial charge in [0.1, 0.15) is 21.8 Å². The van der Waals surface area contributed by atoms with Crippen LogP contribution in [-0.4, -0.2) is 45.9 Å².